The molecule has 0 amide bonds. The molecule has 2 rings (SSSR count). The van der Waals surface area contributed by atoms with Gasteiger partial charge in [-0.3, -0.25) is 4.98 Å². The Morgan fingerprint density at radius 1 is 1.47 bits per heavy atom. The zero-order valence-electron chi connectivity index (χ0n) is 10.9. The Morgan fingerprint density at radius 3 is 2.89 bits per heavy atom. The van der Waals surface area contributed by atoms with E-state index in [-0.39, 0.29) is 5.56 Å². The van der Waals surface area contributed by atoms with E-state index in [1.54, 1.807) is 11.8 Å². The molecule has 0 saturated carbocycles. The topological polar surface area (TPSA) is 62.2 Å². The number of pyridine rings is 1. The lowest BCUT2D eigenvalue weighted by molar-refractivity contribution is 0.0697. The minimum absolute atomic E-state index is 0.215. The molecule has 19 heavy (non-hydrogen) atoms. The summed E-state index contributed by atoms with van der Waals surface area (Å²) in [7, 11) is 0. The molecule has 0 aliphatic heterocycles. The molecule has 4 nitrogen and oxygen atoms in total. The first-order chi connectivity index (χ1) is 9.13. The predicted octanol–water partition coefficient (Wildman–Crippen LogP) is 3.10. The molecule has 0 saturated heterocycles. The second-order valence-corrected chi connectivity index (χ2v) is 5.57. The van der Waals surface area contributed by atoms with E-state index in [1.807, 2.05) is 30.5 Å². The molecule has 0 aliphatic rings. The lowest BCUT2D eigenvalue weighted by Gasteiger charge is -2.15. The average Bonchev–Trinajstić information content (AvgIpc) is 2.43. The fourth-order valence-electron chi connectivity index (χ4n) is 1.82. The summed E-state index contributed by atoms with van der Waals surface area (Å²) in [5, 5.41) is 13.8. The highest BCUT2D eigenvalue weighted by molar-refractivity contribution is 7.99. The summed E-state index contributed by atoms with van der Waals surface area (Å²) in [6, 6.07) is 7.55. The van der Waals surface area contributed by atoms with Crippen LogP contribution in [0.1, 0.15) is 17.3 Å². The molecule has 1 aromatic carbocycles. The fourth-order valence-corrected chi connectivity index (χ4v) is 2.07. The summed E-state index contributed by atoms with van der Waals surface area (Å²) in [5.41, 5.74) is 1.66. The van der Waals surface area contributed by atoms with Gasteiger partial charge in [0.15, 0.2) is 0 Å². The summed E-state index contributed by atoms with van der Waals surface area (Å²) in [5.74, 6) is -0.961. The van der Waals surface area contributed by atoms with E-state index in [0.717, 1.165) is 17.4 Å². The summed E-state index contributed by atoms with van der Waals surface area (Å²) in [6.45, 7) is 2.82. The molecule has 5 heteroatoms. The SMILES string of the molecule is CSC(C)CNc1c(C(=O)O)cnc2ccccc12. The minimum atomic E-state index is -0.961. The Hall–Kier alpha value is -1.75. The number of carboxylic acids is 1. The second kappa shape index (κ2) is 5.93. The molecular weight excluding hydrogens is 260 g/mol. The van der Waals surface area contributed by atoms with Gasteiger partial charge in [0.25, 0.3) is 0 Å². The van der Waals surface area contributed by atoms with Crippen LogP contribution in [-0.2, 0) is 0 Å². The Labute approximate surface area is 116 Å². The summed E-state index contributed by atoms with van der Waals surface area (Å²) in [4.78, 5) is 15.5. The summed E-state index contributed by atoms with van der Waals surface area (Å²) >= 11 is 1.74. The number of carboxylic acid groups (broad SMARTS) is 1. The smallest absolute Gasteiger partial charge is 0.339 e. The number of benzene rings is 1. The Morgan fingerprint density at radius 2 is 2.21 bits per heavy atom. The third-order valence-corrected chi connectivity index (χ3v) is 3.95. The van der Waals surface area contributed by atoms with E-state index >= 15 is 0 Å². The molecular formula is C14H16N2O2S. The third kappa shape index (κ3) is 2.98. The first kappa shape index (κ1) is 13.7. The Balaban J connectivity index is 2.46. The van der Waals surface area contributed by atoms with Crippen LogP contribution in [0.25, 0.3) is 10.9 Å². The monoisotopic (exact) mass is 276 g/mol. The quantitative estimate of drug-likeness (QED) is 0.878. The molecule has 2 aromatic rings. The number of hydrogen-bond acceptors (Lipinski definition) is 4. The first-order valence-electron chi connectivity index (χ1n) is 6.01. The van der Waals surface area contributed by atoms with Crippen molar-refractivity contribution in [2.45, 2.75) is 12.2 Å². The van der Waals surface area contributed by atoms with Gasteiger partial charge in [-0.1, -0.05) is 25.1 Å². The van der Waals surface area contributed by atoms with Gasteiger partial charge in [0, 0.05) is 23.4 Å². The van der Waals surface area contributed by atoms with Gasteiger partial charge in [0.2, 0.25) is 0 Å². The number of fused-ring (bicyclic) bond motifs is 1. The Kier molecular flexibility index (Phi) is 4.27. The van der Waals surface area contributed by atoms with E-state index in [1.165, 1.54) is 6.20 Å². The second-order valence-electron chi connectivity index (χ2n) is 4.30. The first-order valence-corrected chi connectivity index (χ1v) is 7.30. The molecule has 1 heterocycles. The number of rotatable bonds is 5. The van der Waals surface area contributed by atoms with Crippen LogP contribution in [0.5, 0.6) is 0 Å². The van der Waals surface area contributed by atoms with E-state index in [2.05, 4.69) is 17.2 Å². The van der Waals surface area contributed by atoms with Gasteiger partial charge in [-0.05, 0) is 12.3 Å². The highest BCUT2D eigenvalue weighted by Gasteiger charge is 2.14. The number of para-hydroxylation sites is 1. The number of hydrogen-bond donors (Lipinski definition) is 2. The lowest BCUT2D eigenvalue weighted by Crippen LogP contribution is -2.15. The zero-order valence-corrected chi connectivity index (χ0v) is 11.7. The molecule has 100 valence electrons. The van der Waals surface area contributed by atoms with Crippen molar-refractivity contribution in [2.24, 2.45) is 0 Å². The van der Waals surface area contributed by atoms with Crippen LogP contribution in [0, 0.1) is 0 Å². The van der Waals surface area contributed by atoms with Crippen LogP contribution in [0.2, 0.25) is 0 Å². The molecule has 0 bridgehead atoms. The van der Waals surface area contributed by atoms with Crippen LogP contribution < -0.4 is 5.32 Å². The van der Waals surface area contributed by atoms with Gasteiger partial charge in [-0.15, -0.1) is 0 Å². The number of nitrogens with zero attached hydrogens (tertiary/aromatic N) is 1. The van der Waals surface area contributed by atoms with Crippen molar-refractivity contribution in [3.05, 3.63) is 36.0 Å². The maximum atomic E-state index is 11.3. The predicted molar refractivity (Wildman–Crippen MR) is 80.2 cm³/mol. The molecule has 1 atom stereocenters. The third-order valence-electron chi connectivity index (χ3n) is 2.97. The number of carbonyl (C=O) groups is 1. The van der Waals surface area contributed by atoms with Crippen LogP contribution >= 0.6 is 11.8 Å². The van der Waals surface area contributed by atoms with Gasteiger partial charge in [-0.25, -0.2) is 4.79 Å². The van der Waals surface area contributed by atoms with Gasteiger partial charge in [-0.2, -0.15) is 11.8 Å². The molecule has 0 spiro atoms. The standard InChI is InChI=1S/C14H16N2O2S/c1-9(19-2)7-16-13-10-5-3-4-6-12(10)15-8-11(13)14(17)18/h3-6,8-9H,7H2,1-2H3,(H,15,16)(H,17,18). The van der Waals surface area contributed by atoms with Crippen molar-refractivity contribution < 1.29 is 9.90 Å². The molecule has 1 aromatic heterocycles. The van der Waals surface area contributed by atoms with Crippen LogP contribution in [0.3, 0.4) is 0 Å². The van der Waals surface area contributed by atoms with E-state index in [9.17, 15) is 9.90 Å². The highest BCUT2D eigenvalue weighted by atomic mass is 32.2. The molecule has 2 N–H and O–H groups in total. The van der Waals surface area contributed by atoms with Crippen LogP contribution in [0.15, 0.2) is 30.5 Å². The van der Waals surface area contributed by atoms with Crippen LogP contribution in [0.4, 0.5) is 5.69 Å². The largest absolute Gasteiger partial charge is 0.478 e. The van der Waals surface area contributed by atoms with Gasteiger partial charge in [0.1, 0.15) is 5.56 Å². The fraction of sp³-hybridized carbons (Fsp3) is 0.286. The molecule has 0 aliphatic carbocycles. The van der Waals surface area contributed by atoms with Gasteiger partial charge < -0.3 is 10.4 Å². The van der Waals surface area contributed by atoms with E-state index < -0.39 is 5.97 Å². The normalized spacial score (nSPS) is 12.3. The lowest BCUT2D eigenvalue weighted by atomic mass is 10.1. The number of nitrogens with one attached hydrogen (secondary N) is 1. The molecule has 1 unspecified atom stereocenters. The zero-order chi connectivity index (χ0) is 13.8. The average molecular weight is 276 g/mol. The number of anilines is 1. The van der Waals surface area contributed by atoms with Crippen molar-refractivity contribution in [1.82, 2.24) is 4.98 Å². The maximum Gasteiger partial charge on any atom is 0.339 e. The Bertz CT molecular complexity index is 601. The van der Waals surface area contributed by atoms with Crippen molar-refractivity contribution in [3.63, 3.8) is 0 Å². The highest BCUT2D eigenvalue weighted by Crippen LogP contribution is 2.26. The van der Waals surface area contributed by atoms with Crippen LogP contribution in [-0.4, -0.2) is 34.1 Å². The number of aromatic carboxylic acids is 1. The molecule has 0 radical (unpaired) electrons. The van der Waals surface area contributed by atoms with Gasteiger partial charge >= 0.3 is 5.97 Å². The van der Waals surface area contributed by atoms with E-state index in [0.29, 0.717) is 10.9 Å². The van der Waals surface area contributed by atoms with Gasteiger partial charge in [0.05, 0.1) is 11.2 Å². The maximum absolute atomic E-state index is 11.3. The summed E-state index contributed by atoms with van der Waals surface area (Å²) in [6.07, 6.45) is 3.45. The number of thioether (sulfide) groups is 1. The van der Waals surface area contributed by atoms with E-state index in [4.69, 9.17) is 0 Å². The van der Waals surface area contributed by atoms with Crippen molar-refractivity contribution in [1.29, 1.82) is 0 Å². The number of aromatic nitrogens is 1. The summed E-state index contributed by atoms with van der Waals surface area (Å²) < 4.78 is 0. The van der Waals surface area contributed by atoms with Crippen molar-refractivity contribution in [3.8, 4) is 0 Å². The van der Waals surface area contributed by atoms with Crippen molar-refractivity contribution in [2.75, 3.05) is 18.1 Å². The minimum Gasteiger partial charge on any atom is -0.478 e. The molecule has 0 fully saturated rings. The van der Waals surface area contributed by atoms with Crippen molar-refractivity contribution >= 4 is 34.3 Å².